The monoisotopic (exact) mass is 356 g/mol. The van der Waals surface area contributed by atoms with Gasteiger partial charge in [-0.25, -0.2) is 12.7 Å². The molecular weight excluding hydrogens is 328 g/mol. The van der Waals surface area contributed by atoms with Crippen LogP contribution in [0.15, 0.2) is 16.5 Å². The molecule has 0 aromatic carbocycles. The quantitative estimate of drug-likeness (QED) is 0.814. The van der Waals surface area contributed by atoms with Crippen molar-refractivity contribution in [3.05, 3.63) is 23.7 Å². The van der Waals surface area contributed by atoms with E-state index >= 15 is 0 Å². The number of amides is 1. The molecule has 0 radical (unpaired) electrons. The zero-order valence-corrected chi connectivity index (χ0v) is 15.6. The molecule has 2 heterocycles. The van der Waals surface area contributed by atoms with Gasteiger partial charge in [0.05, 0.1) is 11.8 Å². The first kappa shape index (κ1) is 19.0. The number of furan rings is 1. The molecule has 1 unspecified atom stereocenters. The Kier molecular flexibility index (Phi) is 6.46. The number of nitrogens with zero attached hydrogens (tertiary/aromatic N) is 1. The molecule has 136 valence electrons. The van der Waals surface area contributed by atoms with E-state index < -0.39 is 10.0 Å². The number of nitrogens with one attached hydrogen (secondary N) is 1. The molecule has 1 saturated heterocycles. The standard InChI is InChI=1S/C17H28N2O4S/c1-4-5-12-24(21,22)19-10-8-15(9-11-19)17(20)18-14(3)16-7-6-13(2)23-16/h6-7,14-15H,4-5,8-12H2,1-3H3,(H,18,20). The van der Waals surface area contributed by atoms with E-state index in [1.54, 1.807) is 0 Å². The van der Waals surface area contributed by atoms with E-state index in [0.29, 0.717) is 32.4 Å². The van der Waals surface area contributed by atoms with Gasteiger partial charge in [0, 0.05) is 19.0 Å². The summed E-state index contributed by atoms with van der Waals surface area (Å²) >= 11 is 0. The van der Waals surface area contributed by atoms with Gasteiger partial charge in [-0.1, -0.05) is 13.3 Å². The summed E-state index contributed by atoms with van der Waals surface area (Å²) in [6.45, 7) is 6.60. The Hall–Kier alpha value is -1.34. The Morgan fingerprint density at radius 2 is 2.04 bits per heavy atom. The van der Waals surface area contributed by atoms with Crippen LogP contribution in [0, 0.1) is 12.8 Å². The molecule has 1 aliphatic rings. The van der Waals surface area contributed by atoms with Gasteiger partial charge in [0.1, 0.15) is 11.5 Å². The fourth-order valence-electron chi connectivity index (χ4n) is 2.94. The summed E-state index contributed by atoms with van der Waals surface area (Å²) in [5.41, 5.74) is 0. The van der Waals surface area contributed by atoms with Gasteiger partial charge in [-0.2, -0.15) is 0 Å². The van der Waals surface area contributed by atoms with Crippen LogP contribution < -0.4 is 5.32 Å². The molecule has 1 atom stereocenters. The summed E-state index contributed by atoms with van der Waals surface area (Å²) in [7, 11) is -3.17. The van der Waals surface area contributed by atoms with Crippen LogP contribution in [0.3, 0.4) is 0 Å². The van der Waals surface area contributed by atoms with Crippen LogP contribution in [0.25, 0.3) is 0 Å². The number of hydrogen-bond donors (Lipinski definition) is 1. The maximum absolute atomic E-state index is 12.4. The highest BCUT2D eigenvalue weighted by Crippen LogP contribution is 2.22. The molecule has 1 N–H and O–H groups in total. The van der Waals surface area contributed by atoms with Crippen LogP contribution in [-0.2, 0) is 14.8 Å². The fraction of sp³-hybridized carbons (Fsp3) is 0.706. The minimum atomic E-state index is -3.17. The first-order valence-electron chi connectivity index (χ1n) is 8.68. The van der Waals surface area contributed by atoms with E-state index in [1.807, 2.05) is 32.9 Å². The summed E-state index contributed by atoms with van der Waals surface area (Å²) in [4.78, 5) is 12.4. The Labute approximate surface area is 144 Å². The first-order valence-corrected chi connectivity index (χ1v) is 10.3. The van der Waals surface area contributed by atoms with E-state index in [2.05, 4.69) is 5.32 Å². The minimum absolute atomic E-state index is 0.0258. The van der Waals surface area contributed by atoms with Crippen molar-refractivity contribution in [2.45, 2.75) is 52.5 Å². The average molecular weight is 356 g/mol. The minimum Gasteiger partial charge on any atom is -0.464 e. The number of aryl methyl sites for hydroxylation is 1. The molecule has 6 nitrogen and oxygen atoms in total. The predicted molar refractivity (Wildman–Crippen MR) is 93.0 cm³/mol. The molecule has 0 spiro atoms. The Morgan fingerprint density at radius 1 is 1.38 bits per heavy atom. The Balaban J connectivity index is 1.84. The zero-order chi connectivity index (χ0) is 17.7. The second-order valence-electron chi connectivity index (χ2n) is 6.52. The molecule has 24 heavy (non-hydrogen) atoms. The maximum atomic E-state index is 12.4. The van der Waals surface area contributed by atoms with Gasteiger partial charge in [-0.15, -0.1) is 0 Å². The van der Waals surface area contributed by atoms with Gasteiger partial charge < -0.3 is 9.73 Å². The number of sulfonamides is 1. The zero-order valence-electron chi connectivity index (χ0n) is 14.7. The molecule has 7 heteroatoms. The third-order valence-corrected chi connectivity index (χ3v) is 6.48. The molecule has 2 rings (SSSR count). The average Bonchev–Trinajstić information content (AvgIpc) is 2.99. The molecule has 1 amide bonds. The van der Waals surface area contributed by atoms with Crippen LogP contribution in [-0.4, -0.2) is 37.5 Å². The number of unbranched alkanes of at least 4 members (excludes halogenated alkanes) is 1. The van der Waals surface area contributed by atoms with Gasteiger partial charge in [-0.05, 0) is 45.2 Å². The summed E-state index contributed by atoms with van der Waals surface area (Å²) in [6.07, 6.45) is 2.69. The van der Waals surface area contributed by atoms with Crippen LogP contribution >= 0.6 is 0 Å². The van der Waals surface area contributed by atoms with Crippen molar-refractivity contribution in [1.29, 1.82) is 0 Å². The SMILES string of the molecule is CCCCS(=O)(=O)N1CCC(C(=O)NC(C)c2ccc(C)o2)CC1. The van der Waals surface area contributed by atoms with Crippen LogP contribution in [0.1, 0.15) is 57.1 Å². The molecule has 0 bridgehead atoms. The van der Waals surface area contributed by atoms with Crippen molar-refractivity contribution in [3.63, 3.8) is 0 Å². The molecule has 1 aromatic rings. The van der Waals surface area contributed by atoms with E-state index in [-0.39, 0.29) is 23.6 Å². The van der Waals surface area contributed by atoms with Crippen molar-refractivity contribution >= 4 is 15.9 Å². The topological polar surface area (TPSA) is 79.6 Å². The van der Waals surface area contributed by atoms with Crippen molar-refractivity contribution in [2.24, 2.45) is 5.92 Å². The van der Waals surface area contributed by atoms with Gasteiger partial charge in [0.2, 0.25) is 15.9 Å². The van der Waals surface area contributed by atoms with Crippen molar-refractivity contribution in [2.75, 3.05) is 18.8 Å². The van der Waals surface area contributed by atoms with Gasteiger partial charge in [0.25, 0.3) is 0 Å². The van der Waals surface area contributed by atoms with Gasteiger partial charge >= 0.3 is 0 Å². The molecule has 1 fully saturated rings. The second-order valence-corrected chi connectivity index (χ2v) is 8.61. The summed E-state index contributed by atoms with van der Waals surface area (Å²) in [5.74, 6) is 1.59. The third kappa shape index (κ3) is 4.83. The smallest absolute Gasteiger partial charge is 0.223 e. The molecule has 1 aliphatic heterocycles. The highest BCUT2D eigenvalue weighted by Gasteiger charge is 2.31. The summed E-state index contributed by atoms with van der Waals surface area (Å²) in [5, 5.41) is 2.97. The van der Waals surface area contributed by atoms with E-state index in [1.165, 1.54) is 4.31 Å². The lowest BCUT2D eigenvalue weighted by molar-refractivity contribution is -0.126. The highest BCUT2D eigenvalue weighted by atomic mass is 32.2. The second kappa shape index (κ2) is 8.16. The van der Waals surface area contributed by atoms with Crippen molar-refractivity contribution in [1.82, 2.24) is 9.62 Å². The largest absolute Gasteiger partial charge is 0.464 e. The highest BCUT2D eigenvalue weighted by molar-refractivity contribution is 7.89. The van der Waals surface area contributed by atoms with E-state index in [4.69, 9.17) is 4.42 Å². The van der Waals surface area contributed by atoms with E-state index in [0.717, 1.165) is 17.9 Å². The first-order chi connectivity index (χ1) is 11.3. The van der Waals surface area contributed by atoms with E-state index in [9.17, 15) is 13.2 Å². The third-order valence-electron chi connectivity index (χ3n) is 4.52. The normalized spacial score (nSPS) is 18.5. The predicted octanol–water partition coefficient (Wildman–Crippen LogP) is 2.61. The van der Waals surface area contributed by atoms with Gasteiger partial charge in [-0.3, -0.25) is 4.79 Å². The summed E-state index contributed by atoms with van der Waals surface area (Å²) in [6, 6.07) is 3.55. The molecule has 0 saturated carbocycles. The van der Waals surface area contributed by atoms with Crippen LogP contribution in [0.5, 0.6) is 0 Å². The fourth-order valence-corrected chi connectivity index (χ4v) is 4.62. The summed E-state index contributed by atoms with van der Waals surface area (Å²) < 4.78 is 31.5. The van der Waals surface area contributed by atoms with Crippen molar-refractivity contribution < 1.29 is 17.6 Å². The lowest BCUT2D eigenvalue weighted by Gasteiger charge is -2.31. The number of carbonyl (C=O) groups is 1. The lowest BCUT2D eigenvalue weighted by atomic mass is 9.97. The number of piperidine rings is 1. The molecule has 0 aliphatic carbocycles. The molecule has 1 aromatic heterocycles. The lowest BCUT2D eigenvalue weighted by Crippen LogP contribution is -2.44. The molecular formula is C17H28N2O4S. The maximum Gasteiger partial charge on any atom is 0.223 e. The number of hydrogen-bond acceptors (Lipinski definition) is 4. The van der Waals surface area contributed by atoms with Crippen molar-refractivity contribution in [3.8, 4) is 0 Å². The Morgan fingerprint density at radius 3 is 2.58 bits per heavy atom. The van der Waals surface area contributed by atoms with Crippen LogP contribution in [0.2, 0.25) is 0 Å². The Bertz CT molecular complexity index is 645. The number of rotatable bonds is 7. The van der Waals surface area contributed by atoms with Gasteiger partial charge in [0.15, 0.2) is 0 Å². The number of carbonyl (C=O) groups excluding carboxylic acids is 1. The van der Waals surface area contributed by atoms with Crippen LogP contribution in [0.4, 0.5) is 0 Å².